The second-order valence-corrected chi connectivity index (χ2v) is 9.64. The fraction of sp³-hybridized carbons (Fsp3) is 0.682. The number of rotatable bonds is 2. The third-order valence-electron chi connectivity index (χ3n) is 6.22. The molecule has 7 nitrogen and oxygen atoms in total. The minimum absolute atomic E-state index is 0.0504. The van der Waals surface area contributed by atoms with Gasteiger partial charge in [0.15, 0.2) is 0 Å². The standard InChI is InChI=1S/C22H31N3O4/c1-15-5-6-16(13-23-15)18-8-12-28-25(18)19(26)17-7-11-24(14-22(17)9-10-22)20(27)29-21(2,3)4/h5-6,13,17-18H,7-12,14H2,1-4H3/t17?,18-/m0/s1. The van der Waals surface area contributed by atoms with Gasteiger partial charge in [-0.1, -0.05) is 6.07 Å². The highest BCUT2D eigenvalue weighted by atomic mass is 16.7. The number of hydrogen-bond donors (Lipinski definition) is 0. The lowest BCUT2D eigenvalue weighted by Crippen LogP contribution is -2.51. The van der Waals surface area contributed by atoms with Crippen molar-refractivity contribution in [1.29, 1.82) is 0 Å². The van der Waals surface area contributed by atoms with E-state index in [0.717, 1.165) is 30.5 Å². The Morgan fingerprint density at radius 1 is 1.24 bits per heavy atom. The molecule has 1 aromatic heterocycles. The summed E-state index contributed by atoms with van der Waals surface area (Å²) in [6.45, 7) is 9.23. The number of hydrogen-bond acceptors (Lipinski definition) is 5. The molecule has 4 rings (SSSR count). The lowest BCUT2D eigenvalue weighted by atomic mass is 9.81. The lowest BCUT2D eigenvalue weighted by molar-refractivity contribution is -0.186. The Morgan fingerprint density at radius 3 is 2.62 bits per heavy atom. The lowest BCUT2D eigenvalue weighted by Gasteiger charge is -2.40. The summed E-state index contributed by atoms with van der Waals surface area (Å²) in [5.74, 6) is -0.0605. The number of aromatic nitrogens is 1. The monoisotopic (exact) mass is 401 g/mol. The zero-order valence-electron chi connectivity index (χ0n) is 17.8. The molecule has 2 atom stereocenters. The van der Waals surface area contributed by atoms with Gasteiger partial charge in [-0.15, -0.1) is 0 Å². The molecule has 1 aromatic rings. The third-order valence-corrected chi connectivity index (χ3v) is 6.22. The summed E-state index contributed by atoms with van der Waals surface area (Å²) in [5, 5.41) is 1.58. The molecule has 0 bridgehead atoms. The SMILES string of the molecule is Cc1ccc([C@@H]2CCON2C(=O)C2CCN(C(=O)OC(C)(C)C)CC23CC3)cn1. The molecule has 1 spiro atoms. The van der Waals surface area contributed by atoms with Gasteiger partial charge in [0, 0.05) is 37.3 Å². The fourth-order valence-electron chi connectivity index (χ4n) is 4.51. The third kappa shape index (κ3) is 4.10. The molecule has 2 amide bonds. The summed E-state index contributed by atoms with van der Waals surface area (Å²) >= 11 is 0. The van der Waals surface area contributed by atoms with E-state index >= 15 is 0 Å². The van der Waals surface area contributed by atoms with E-state index in [0.29, 0.717) is 26.1 Å². The molecule has 3 heterocycles. The van der Waals surface area contributed by atoms with Crippen LogP contribution in [-0.4, -0.2) is 52.2 Å². The maximum absolute atomic E-state index is 13.5. The summed E-state index contributed by atoms with van der Waals surface area (Å²) in [6, 6.07) is 3.91. The Morgan fingerprint density at radius 2 is 2.00 bits per heavy atom. The van der Waals surface area contributed by atoms with Crippen LogP contribution in [0.2, 0.25) is 0 Å². The average Bonchev–Trinajstić information content (AvgIpc) is 3.23. The molecule has 3 aliphatic rings. The number of ether oxygens (including phenoxy) is 1. The molecule has 2 saturated heterocycles. The number of carbonyl (C=O) groups is 2. The largest absolute Gasteiger partial charge is 0.444 e. The van der Waals surface area contributed by atoms with Gasteiger partial charge in [0.1, 0.15) is 5.60 Å². The van der Waals surface area contributed by atoms with Crippen LogP contribution in [0.1, 0.15) is 63.8 Å². The van der Waals surface area contributed by atoms with Gasteiger partial charge < -0.3 is 9.64 Å². The molecule has 0 N–H and O–H groups in total. The van der Waals surface area contributed by atoms with E-state index in [1.807, 2.05) is 46.0 Å². The molecule has 1 saturated carbocycles. The zero-order chi connectivity index (χ0) is 20.8. The Balaban J connectivity index is 1.46. The van der Waals surface area contributed by atoms with Crippen molar-refractivity contribution in [3.63, 3.8) is 0 Å². The summed E-state index contributed by atoms with van der Waals surface area (Å²) < 4.78 is 5.54. The van der Waals surface area contributed by atoms with Crippen molar-refractivity contribution >= 4 is 12.0 Å². The normalized spacial score (nSPS) is 25.9. The van der Waals surface area contributed by atoms with Crippen LogP contribution in [0.4, 0.5) is 4.79 Å². The number of amides is 2. The molecule has 29 heavy (non-hydrogen) atoms. The molecular weight excluding hydrogens is 370 g/mol. The summed E-state index contributed by atoms with van der Waals surface area (Å²) in [7, 11) is 0. The van der Waals surface area contributed by atoms with Gasteiger partial charge in [-0.3, -0.25) is 14.6 Å². The smallest absolute Gasteiger partial charge is 0.410 e. The second kappa shape index (κ2) is 7.27. The molecule has 7 heteroatoms. The van der Waals surface area contributed by atoms with Gasteiger partial charge in [0.25, 0.3) is 5.91 Å². The highest BCUT2D eigenvalue weighted by molar-refractivity contribution is 5.80. The van der Waals surface area contributed by atoms with Gasteiger partial charge in [0.05, 0.1) is 12.6 Å². The first-order chi connectivity index (χ1) is 13.7. The van der Waals surface area contributed by atoms with Crippen molar-refractivity contribution in [3.8, 4) is 0 Å². The van der Waals surface area contributed by atoms with E-state index in [-0.39, 0.29) is 29.4 Å². The molecule has 2 aliphatic heterocycles. The second-order valence-electron chi connectivity index (χ2n) is 9.64. The van der Waals surface area contributed by atoms with Crippen molar-refractivity contribution in [2.24, 2.45) is 11.3 Å². The van der Waals surface area contributed by atoms with Gasteiger partial charge in [0.2, 0.25) is 0 Å². The highest BCUT2D eigenvalue weighted by Crippen LogP contribution is 2.57. The Kier molecular flexibility index (Phi) is 5.05. The van der Waals surface area contributed by atoms with E-state index in [2.05, 4.69) is 4.98 Å². The van der Waals surface area contributed by atoms with Crippen molar-refractivity contribution in [2.75, 3.05) is 19.7 Å². The minimum Gasteiger partial charge on any atom is -0.444 e. The van der Waals surface area contributed by atoms with Crippen molar-refractivity contribution in [1.82, 2.24) is 14.9 Å². The predicted molar refractivity (Wildman–Crippen MR) is 107 cm³/mol. The van der Waals surface area contributed by atoms with Crippen LogP contribution >= 0.6 is 0 Å². The van der Waals surface area contributed by atoms with Crippen molar-refractivity contribution in [3.05, 3.63) is 29.6 Å². The summed E-state index contributed by atoms with van der Waals surface area (Å²) in [5.41, 5.74) is 1.32. The van der Waals surface area contributed by atoms with Gasteiger partial charge in [-0.05, 0) is 64.0 Å². The summed E-state index contributed by atoms with van der Waals surface area (Å²) in [4.78, 5) is 37.9. The number of carbonyl (C=O) groups excluding carboxylic acids is 2. The van der Waals surface area contributed by atoms with Gasteiger partial charge in [-0.2, -0.15) is 0 Å². The molecule has 1 aliphatic carbocycles. The van der Waals surface area contributed by atoms with Crippen LogP contribution < -0.4 is 0 Å². The molecule has 0 aromatic carbocycles. The Bertz CT molecular complexity index is 782. The van der Waals surface area contributed by atoms with Gasteiger partial charge in [-0.25, -0.2) is 9.86 Å². The van der Waals surface area contributed by atoms with Crippen LogP contribution in [0.15, 0.2) is 18.3 Å². The number of piperidine rings is 1. The molecular formula is C22H31N3O4. The first kappa shape index (κ1) is 20.1. The minimum atomic E-state index is -0.515. The van der Waals surface area contributed by atoms with Crippen LogP contribution in [0.3, 0.4) is 0 Å². The topological polar surface area (TPSA) is 72.0 Å². The molecule has 1 unspecified atom stereocenters. The van der Waals surface area contributed by atoms with E-state index < -0.39 is 5.60 Å². The quantitative estimate of drug-likeness (QED) is 0.757. The van der Waals surface area contributed by atoms with Crippen molar-refractivity contribution in [2.45, 2.75) is 65.0 Å². The summed E-state index contributed by atoms with van der Waals surface area (Å²) in [6.07, 6.45) is 4.92. The van der Waals surface area contributed by atoms with Crippen LogP contribution in [0, 0.1) is 18.3 Å². The molecule has 158 valence electrons. The van der Waals surface area contributed by atoms with E-state index in [4.69, 9.17) is 9.57 Å². The zero-order valence-corrected chi connectivity index (χ0v) is 17.8. The van der Waals surface area contributed by atoms with Crippen molar-refractivity contribution < 1.29 is 19.2 Å². The van der Waals surface area contributed by atoms with Gasteiger partial charge >= 0.3 is 6.09 Å². The molecule has 3 fully saturated rings. The molecule has 0 radical (unpaired) electrons. The first-order valence-corrected chi connectivity index (χ1v) is 10.5. The highest BCUT2D eigenvalue weighted by Gasteiger charge is 2.57. The first-order valence-electron chi connectivity index (χ1n) is 10.5. The van der Waals surface area contributed by atoms with Crippen LogP contribution in [0.5, 0.6) is 0 Å². The van der Waals surface area contributed by atoms with E-state index in [9.17, 15) is 9.59 Å². The number of pyridine rings is 1. The number of hydroxylamine groups is 2. The van der Waals surface area contributed by atoms with Crippen LogP contribution in [-0.2, 0) is 14.4 Å². The predicted octanol–water partition coefficient (Wildman–Crippen LogP) is 3.63. The average molecular weight is 402 g/mol. The number of nitrogens with zero attached hydrogens (tertiary/aromatic N) is 3. The Hall–Kier alpha value is -2.15. The van der Waals surface area contributed by atoms with E-state index in [1.165, 1.54) is 0 Å². The fourth-order valence-corrected chi connectivity index (χ4v) is 4.51. The van der Waals surface area contributed by atoms with Crippen LogP contribution in [0.25, 0.3) is 0 Å². The number of aryl methyl sites for hydroxylation is 1. The maximum atomic E-state index is 13.5. The van der Waals surface area contributed by atoms with E-state index in [1.54, 1.807) is 9.96 Å². The number of likely N-dealkylation sites (tertiary alicyclic amines) is 1. The maximum Gasteiger partial charge on any atom is 0.410 e. The Labute approximate surface area is 172 Å².